The van der Waals surface area contributed by atoms with Crippen LogP contribution in [0, 0.1) is 6.57 Å². The standard InChI is InChI=1S/C7H9N3O2/c1-5(11)7(10-9-3)6(12)4-8-2/h12H,4H2,1,3H3. The highest BCUT2D eigenvalue weighted by molar-refractivity contribution is 5.93. The Morgan fingerprint density at radius 3 is 2.58 bits per heavy atom. The van der Waals surface area contributed by atoms with Crippen LogP contribution in [0.15, 0.2) is 21.7 Å². The summed E-state index contributed by atoms with van der Waals surface area (Å²) < 4.78 is 0. The summed E-state index contributed by atoms with van der Waals surface area (Å²) in [5.41, 5.74) is -0.145. The van der Waals surface area contributed by atoms with Crippen LogP contribution in [0.4, 0.5) is 0 Å². The first kappa shape index (κ1) is 10.3. The number of ketones is 1. The van der Waals surface area contributed by atoms with Crippen molar-refractivity contribution >= 4 is 5.78 Å². The van der Waals surface area contributed by atoms with Crippen molar-refractivity contribution in [3.05, 3.63) is 22.9 Å². The van der Waals surface area contributed by atoms with Crippen LogP contribution in [0.1, 0.15) is 6.92 Å². The van der Waals surface area contributed by atoms with Crippen molar-refractivity contribution in [2.24, 2.45) is 10.2 Å². The van der Waals surface area contributed by atoms with Crippen LogP contribution in [-0.2, 0) is 4.79 Å². The Labute approximate surface area is 70.2 Å². The minimum atomic E-state index is -0.401. The number of azo groups is 1. The number of rotatable bonds is 3. The van der Waals surface area contributed by atoms with Gasteiger partial charge in [-0.1, -0.05) is 0 Å². The Balaban J connectivity index is 4.82. The van der Waals surface area contributed by atoms with Crippen LogP contribution in [0.5, 0.6) is 0 Å². The fourth-order valence-electron chi connectivity index (χ4n) is 0.581. The predicted octanol–water partition coefficient (Wildman–Crippen LogP) is 1.35. The quantitative estimate of drug-likeness (QED) is 0.298. The molecule has 5 heteroatoms. The average molecular weight is 167 g/mol. The lowest BCUT2D eigenvalue weighted by molar-refractivity contribution is -0.113. The molecular formula is C7H9N3O2. The van der Waals surface area contributed by atoms with Gasteiger partial charge >= 0.3 is 0 Å². The Kier molecular flexibility index (Phi) is 4.31. The van der Waals surface area contributed by atoms with Crippen LogP contribution in [0.3, 0.4) is 0 Å². The largest absolute Gasteiger partial charge is 0.504 e. The minimum Gasteiger partial charge on any atom is -0.504 e. The van der Waals surface area contributed by atoms with Crippen LogP contribution in [-0.4, -0.2) is 24.5 Å². The normalized spacial score (nSPS) is 12.4. The average Bonchev–Trinajstić information content (AvgIpc) is 1.99. The third-order valence-electron chi connectivity index (χ3n) is 1.04. The van der Waals surface area contributed by atoms with Crippen molar-refractivity contribution in [2.75, 3.05) is 13.6 Å². The van der Waals surface area contributed by atoms with Crippen LogP contribution >= 0.6 is 0 Å². The van der Waals surface area contributed by atoms with Crippen molar-refractivity contribution in [1.29, 1.82) is 0 Å². The third kappa shape index (κ3) is 2.92. The second kappa shape index (κ2) is 5.02. The van der Waals surface area contributed by atoms with Gasteiger partial charge in [0.25, 0.3) is 6.54 Å². The van der Waals surface area contributed by atoms with E-state index in [-0.39, 0.29) is 18.0 Å². The molecule has 0 aliphatic carbocycles. The monoisotopic (exact) mass is 167 g/mol. The summed E-state index contributed by atoms with van der Waals surface area (Å²) in [5, 5.41) is 15.8. The Hall–Kier alpha value is -1.70. The van der Waals surface area contributed by atoms with Crippen molar-refractivity contribution in [1.82, 2.24) is 0 Å². The van der Waals surface area contributed by atoms with Gasteiger partial charge in [-0.3, -0.25) is 4.79 Å². The van der Waals surface area contributed by atoms with Gasteiger partial charge in [-0.25, -0.2) is 6.57 Å². The third-order valence-corrected chi connectivity index (χ3v) is 1.04. The number of aliphatic hydroxyl groups is 1. The summed E-state index contributed by atoms with van der Waals surface area (Å²) in [6.45, 7) is 7.46. The summed E-state index contributed by atoms with van der Waals surface area (Å²) >= 11 is 0. The molecule has 0 bridgehead atoms. The highest BCUT2D eigenvalue weighted by Gasteiger charge is 2.11. The second-order valence-electron chi connectivity index (χ2n) is 1.97. The molecule has 64 valence electrons. The van der Waals surface area contributed by atoms with E-state index in [1.54, 1.807) is 0 Å². The number of Topliss-reactive ketones (excluding diaryl/α,β-unsaturated/α-hetero) is 1. The van der Waals surface area contributed by atoms with Gasteiger partial charge in [-0.15, -0.1) is 5.11 Å². The molecule has 0 rings (SSSR count). The van der Waals surface area contributed by atoms with Gasteiger partial charge in [0.05, 0.1) is 0 Å². The van der Waals surface area contributed by atoms with E-state index in [1.165, 1.54) is 14.0 Å². The molecule has 1 N–H and O–H groups in total. The van der Waals surface area contributed by atoms with Crippen molar-refractivity contribution in [2.45, 2.75) is 6.92 Å². The van der Waals surface area contributed by atoms with Crippen LogP contribution < -0.4 is 0 Å². The molecule has 0 spiro atoms. The van der Waals surface area contributed by atoms with Crippen LogP contribution in [0.25, 0.3) is 4.85 Å². The van der Waals surface area contributed by atoms with Crippen molar-refractivity contribution in [3.8, 4) is 0 Å². The van der Waals surface area contributed by atoms with E-state index in [1.807, 2.05) is 0 Å². The first-order valence-corrected chi connectivity index (χ1v) is 3.19. The number of allylic oxidation sites excluding steroid dienone is 1. The molecular weight excluding hydrogens is 158 g/mol. The Bertz CT molecular complexity index is 273. The van der Waals surface area contributed by atoms with E-state index < -0.39 is 5.78 Å². The number of aliphatic hydroxyl groups excluding tert-OH is 1. The fraction of sp³-hybridized carbons (Fsp3) is 0.429. The maximum atomic E-state index is 10.8. The van der Waals surface area contributed by atoms with E-state index in [0.29, 0.717) is 0 Å². The van der Waals surface area contributed by atoms with Gasteiger partial charge in [0.1, 0.15) is 0 Å². The zero-order valence-electron chi connectivity index (χ0n) is 6.90. The molecule has 0 aromatic heterocycles. The lowest BCUT2D eigenvalue weighted by Gasteiger charge is -1.94. The van der Waals surface area contributed by atoms with Gasteiger partial charge in [0.15, 0.2) is 11.5 Å². The molecule has 0 atom stereocenters. The second-order valence-corrected chi connectivity index (χ2v) is 1.97. The van der Waals surface area contributed by atoms with Gasteiger partial charge in [0, 0.05) is 14.0 Å². The van der Waals surface area contributed by atoms with Gasteiger partial charge in [0.2, 0.25) is 5.76 Å². The molecule has 0 saturated heterocycles. The number of hydrogen-bond donors (Lipinski definition) is 1. The Morgan fingerprint density at radius 1 is 1.67 bits per heavy atom. The van der Waals surface area contributed by atoms with Gasteiger partial charge < -0.3 is 9.95 Å². The molecule has 0 unspecified atom stereocenters. The summed E-state index contributed by atoms with van der Waals surface area (Å²) in [6.07, 6.45) is 0. The minimum absolute atomic E-state index is 0.145. The molecule has 0 saturated carbocycles. The summed E-state index contributed by atoms with van der Waals surface area (Å²) in [5.74, 6) is -0.732. The molecule has 0 radical (unpaired) electrons. The number of carbonyl (C=O) groups excluding carboxylic acids is 1. The van der Waals surface area contributed by atoms with Gasteiger partial charge in [-0.2, -0.15) is 5.11 Å². The first-order chi connectivity index (χ1) is 5.63. The molecule has 12 heavy (non-hydrogen) atoms. The molecule has 0 aliphatic rings. The zero-order valence-corrected chi connectivity index (χ0v) is 6.90. The topological polar surface area (TPSA) is 66.4 Å². The fourth-order valence-corrected chi connectivity index (χ4v) is 0.581. The first-order valence-electron chi connectivity index (χ1n) is 3.19. The summed E-state index contributed by atoms with van der Waals surface area (Å²) in [7, 11) is 1.38. The number of carbonyl (C=O) groups is 1. The van der Waals surface area contributed by atoms with Crippen LogP contribution in [0.2, 0.25) is 0 Å². The molecule has 0 amide bonds. The van der Waals surface area contributed by atoms with E-state index in [0.717, 1.165) is 0 Å². The zero-order chi connectivity index (χ0) is 9.56. The van der Waals surface area contributed by atoms with Crippen molar-refractivity contribution < 1.29 is 9.90 Å². The molecule has 0 aliphatic heterocycles. The van der Waals surface area contributed by atoms with Crippen molar-refractivity contribution in [3.63, 3.8) is 0 Å². The summed E-state index contributed by atoms with van der Waals surface area (Å²) in [6, 6.07) is 0. The highest BCUT2D eigenvalue weighted by atomic mass is 16.3. The molecule has 5 nitrogen and oxygen atoms in total. The SMILES string of the molecule is [C-]#[N+]CC(O)=C(N=NC)C(C)=O. The molecule has 0 aromatic rings. The number of nitrogens with zero attached hydrogens (tertiary/aromatic N) is 3. The lowest BCUT2D eigenvalue weighted by Crippen LogP contribution is -2.00. The van der Waals surface area contributed by atoms with E-state index in [2.05, 4.69) is 15.1 Å². The summed E-state index contributed by atoms with van der Waals surface area (Å²) in [4.78, 5) is 13.7. The van der Waals surface area contributed by atoms with E-state index in [4.69, 9.17) is 11.7 Å². The van der Waals surface area contributed by atoms with E-state index in [9.17, 15) is 4.79 Å². The highest BCUT2D eigenvalue weighted by Crippen LogP contribution is 2.05. The molecule has 0 heterocycles. The van der Waals surface area contributed by atoms with E-state index >= 15 is 0 Å². The van der Waals surface area contributed by atoms with Gasteiger partial charge in [-0.05, 0) is 0 Å². The molecule has 0 fully saturated rings. The Morgan fingerprint density at radius 2 is 2.25 bits per heavy atom. The maximum absolute atomic E-state index is 10.8. The molecule has 0 aromatic carbocycles. The smallest absolute Gasteiger partial charge is 0.273 e. The predicted molar refractivity (Wildman–Crippen MR) is 42.6 cm³/mol. The lowest BCUT2D eigenvalue weighted by atomic mass is 10.3. The number of hydrogen-bond acceptors (Lipinski definition) is 4. The maximum Gasteiger partial charge on any atom is 0.273 e.